The lowest BCUT2D eigenvalue weighted by Gasteiger charge is -2.33. The first kappa shape index (κ1) is 16.3. The monoisotopic (exact) mass is 327 g/mol. The molecule has 3 N–H and O–H groups in total. The summed E-state index contributed by atoms with van der Waals surface area (Å²) in [7, 11) is 0. The average molecular weight is 327 g/mol. The molecule has 0 unspecified atom stereocenters. The van der Waals surface area contributed by atoms with Gasteiger partial charge in [-0.25, -0.2) is 0 Å². The first-order valence-corrected chi connectivity index (χ1v) is 8.10. The number of nitrogens with zero attached hydrogens (tertiary/aromatic N) is 1. The maximum absolute atomic E-state index is 12.4. The molecule has 0 saturated carbocycles. The maximum atomic E-state index is 12.4. The molecule has 2 aromatic rings. The van der Waals surface area contributed by atoms with Crippen LogP contribution in [-0.4, -0.2) is 39.2 Å². The number of likely N-dealkylation sites (tertiary alicyclic amines) is 1. The van der Waals surface area contributed by atoms with Gasteiger partial charge in [0.15, 0.2) is 6.10 Å². The summed E-state index contributed by atoms with van der Waals surface area (Å²) < 4.78 is 0. The number of aromatic hydroxyl groups is 2. The van der Waals surface area contributed by atoms with Crippen LogP contribution >= 0.6 is 0 Å². The highest BCUT2D eigenvalue weighted by molar-refractivity contribution is 5.82. The minimum Gasteiger partial charge on any atom is -0.508 e. The van der Waals surface area contributed by atoms with Crippen molar-refractivity contribution in [1.29, 1.82) is 0 Å². The number of aliphatic hydroxyl groups excluding tert-OH is 1. The molecule has 126 valence electrons. The first-order chi connectivity index (χ1) is 11.6. The van der Waals surface area contributed by atoms with Gasteiger partial charge in [-0.05, 0) is 36.0 Å². The van der Waals surface area contributed by atoms with Crippen molar-refractivity contribution in [2.75, 3.05) is 13.1 Å². The molecule has 0 aromatic heterocycles. The number of benzene rings is 2. The first-order valence-electron chi connectivity index (χ1n) is 8.10. The number of hydrogen-bond acceptors (Lipinski definition) is 4. The van der Waals surface area contributed by atoms with Gasteiger partial charge in [0.05, 0.1) is 0 Å². The summed E-state index contributed by atoms with van der Waals surface area (Å²) >= 11 is 0. The molecule has 1 atom stereocenters. The molecular weight excluding hydrogens is 306 g/mol. The normalized spacial score (nSPS) is 16.8. The van der Waals surface area contributed by atoms with Crippen molar-refractivity contribution < 1.29 is 20.1 Å². The maximum Gasteiger partial charge on any atom is 0.256 e. The lowest BCUT2D eigenvalue weighted by Crippen LogP contribution is -2.40. The molecule has 1 amide bonds. The third kappa shape index (κ3) is 3.36. The van der Waals surface area contributed by atoms with Gasteiger partial charge >= 0.3 is 0 Å². The standard InChI is InChI=1S/C19H21NO4/c21-15-6-7-16(17(22)12-15)13-8-10-20(11-9-13)19(24)18(23)14-4-2-1-3-5-14/h1-7,12-13,18,21-23H,8-11H2/t18-/m0/s1. The van der Waals surface area contributed by atoms with Crippen LogP contribution in [0.1, 0.15) is 36.0 Å². The van der Waals surface area contributed by atoms with Gasteiger partial charge in [-0.15, -0.1) is 0 Å². The minimum atomic E-state index is -1.13. The Morgan fingerprint density at radius 1 is 1.04 bits per heavy atom. The zero-order valence-electron chi connectivity index (χ0n) is 13.3. The van der Waals surface area contributed by atoms with Gasteiger partial charge in [-0.3, -0.25) is 4.79 Å². The summed E-state index contributed by atoms with van der Waals surface area (Å²) in [5.41, 5.74) is 1.39. The highest BCUT2D eigenvalue weighted by Crippen LogP contribution is 2.35. The number of phenolic OH excluding ortho intramolecular Hbond substituents is 2. The fraction of sp³-hybridized carbons (Fsp3) is 0.316. The Balaban J connectivity index is 1.63. The fourth-order valence-electron chi connectivity index (χ4n) is 3.24. The summed E-state index contributed by atoms with van der Waals surface area (Å²) in [5.74, 6) is -0.0166. The van der Waals surface area contributed by atoms with Gasteiger partial charge in [-0.2, -0.15) is 0 Å². The third-order valence-corrected chi connectivity index (χ3v) is 4.61. The summed E-state index contributed by atoms with van der Waals surface area (Å²) in [6.07, 6.45) is 0.293. The second kappa shape index (κ2) is 6.93. The van der Waals surface area contributed by atoms with Gasteiger partial charge in [-0.1, -0.05) is 36.4 Å². The van der Waals surface area contributed by atoms with Crippen molar-refractivity contribution in [3.8, 4) is 11.5 Å². The van der Waals surface area contributed by atoms with E-state index < -0.39 is 6.10 Å². The molecule has 3 rings (SSSR count). The number of aliphatic hydroxyl groups is 1. The molecule has 0 bridgehead atoms. The average Bonchev–Trinajstić information content (AvgIpc) is 2.61. The van der Waals surface area contributed by atoms with Crippen LogP contribution < -0.4 is 0 Å². The lowest BCUT2D eigenvalue weighted by atomic mass is 9.88. The minimum absolute atomic E-state index is 0.0369. The number of carbonyl (C=O) groups is 1. The van der Waals surface area contributed by atoms with Crippen molar-refractivity contribution in [2.45, 2.75) is 24.9 Å². The number of amides is 1. The zero-order valence-corrected chi connectivity index (χ0v) is 13.3. The van der Waals surface area contributed by atoms with Crippen molar-refractivity contribution in [3.63, 3.8) is 0 Å². The van der Waals surface area contributed by atoms with E-state index in [2.05, 4.69) is 0 Å². The Bertz CT molecular complexity index is 709. The molecule has 2 aromatic carbocycles. The van der Waals surface area contributed by atoms with E-state index in [9.17, 15) is 20.1 Å². The number of piperidine rings is 1. The van der Waals surface area contributed by atoms with Gasteiger partial charge in [0.2, 0.25) is 0 Å². The Labute approximate surface area is 140 Å². The topological polar surface area (TPSA) is 81.0 Å². The summed E-state index contributed by atoms with van der Waals surface area (Å²) in [6.45, 7) is 1.07. The molecule has 1 aliphatic heterocycles. The van der Waals surface area contributed by atoms with Crippen LogP contribution in [0.5, 0.6) is 11.5 Å². The predicted molar refractivity (Wildman–Crippen MR) is 89.7 cm³/mol. The second-order valence-electron chi connectivity index (χ2n) is 6.16. The van der Waals surface area contributed by atoms with E-state index in [1.54, 1.807) is 41.3 Å². The molecule has 0 aliphatic carbocycles. The summed E-state index contributed by atoms with van der Waals surface area (Å²) in [6, 6.07) is 13.5. The molecule has 0 spiro atoms. The Kier molecular flexibility index (Phi) is 4.71. The van der Waals surface area contributed by atoms with Crippen LogP contribution in [0.2, 0.25) is 0 Å². The van der Waals surface area contributed by atoms with Gasteiger partial charge < -0.3 is 20.2 Å². The second-order valence-corrected chi connectivity index (χ2v) is 6.16. The number of rotatable bonds is 3. The highest BCUT2D eigenvalue weighted by atomic mass is 16.3. The van der Waals surface area contributed by atoms with Crippen LogP contribution in [0.15, 0.2) is 48.5 Å². The highest BCUT2D eigenvalue weighted by Gasteiger charge is 2.29. The molecular formula is C19H21NO4. The fourth-order valence-corrected chi connectivity index (χ4v) is 3.24. The zero-order chi connectivity index (χ0) is 17.1. The van der Waals surface area contributed by atoms with E-state index in [-0.39, 0.29) is 23.3 Å². The van der Waals surface area contributed by atoms with E-state index in [1.165, 1.54) is 6.07 Å². The molecule has 24 heavy (non-hydrogen) atoms. The van der Waals surface area contributed by atoms with E-state index in [0.29, 0.717) is 31.5 Å². The quantitative estimate of drug-likeness (QED) is 0.809. The van der Waals surface area contributed by atoms with Crippen LogP contribution in [-0.2, 0) is 4.79 Å². The summed E-state index contributed by atoms with van der Waals surface area (Å²) in [5, 5.41) is 29.6. The molecule has 5 heteroatoms. The van der Waals surface area contributed by atoms with Crippen LogP contribution in [0.25, 0.3) is 0 Å². The third-order valence-electron chi connectivity index (χ3n) is 4.61. The van der Waals surface area contributed by atoms with E-state index >= 15 is 0 Å². The smallest absolute Gasteiger partial charge is 0.256 e. The van der Waals surface area contributed by atoms with Crippen LogP contribution in [0.4, 0.5) is 0 Å². The number of hydrogen-bond donors (Lipinski definition) is 3. The van der Waals surface area contributed by atoms with Gasteiger partial charge in [0, 0.05) is 19.2 Å². The molecule has 1 fully saturated rings. The number of carbonyl (C=O) groups excluding carboxylic acids is 1. The molecule has 1 saturated heterocycles. The molecule has 1 aliphatic rings. The Morgan fingerprint density at radius 3 is 2.33 bits per heavy atom. The van der Waals surface area contributed by atoms with E-state index in [4.69, 9.17) is 0 Å². The SMILES string of the molecule is O=C([C@@H](O)c1ccccc1)N1CCC(c2ccc(O)cc2O)CC1. The lowest BCUT2D eigenvalue weighted by molar-refractivity contribution is -0.141. The summed E-state index contributed by atoms with van der Waals surface area (Å²) in [4.78, 5) is 14.1. The van der Waals surface area contributed by atoms with Gasteiger partial charge in [0.1, 0.15) is 11.5 Å². The van der Waals surface area contributed by atoms with E-state index in [0.717, 1.165) is 5.56 Å². The van der Waals surface area contributed by atoms with Crippen molar-refractivity contribution in [2.24, 2.45) is 0 Å². The molecule has 0 radical (unpaired) electrons. The van der Waals surface area contributed by atoms with Crippen molar-refractivity contribution in [3.05, 3.63) is 59.7 Å². The molecule has 1 heterocycles. The van der Waals surface area contributed by atoms with Crippen LogP contribution in [0.3, 0.4) is 0 Å². The Morgan fingerprint density at radius 2 is 1.71 bits per heavy atom. The van der Waals surface area contributed by atoms with E-state index in [1.807, 2.05) is 6.07 Å². The largest absolute Gasteiger partial charge is 0.508 e. The molecule has 5 nitrogen and oxygen atoms in total. The van der Waals surface area contributed by atoms with Crippen molar-refractivity contribution in [1.82, 2.24) is 4.90 Å². The Hall–Kier alpha value is -2.53. The van der Waals surface area contributed by atoms with Crippen LogP contribution in [0, 0.1) is 0 Å². The van der Waals surface area contributed by atoms with Crippen molar-refractivity contribution >= 4 is 5.91 Å². The van der Waals surface area contributed by atoms with Gasteiger partial charge in [0.25, 0.3) is 5.91 Å². The predicted octanol–water partition coefficient (Wildman–Crippen LogP) is 2.54. The number of phenols is 2.